The molecule has 0 radical (unpaired) electrons. The van der Waals surface area contributed by atoms with Gasteiger partial charge in [0.2, 0.25) is 10.0 Å². The molecule has 1 aliphatic carbocycles. The van der Waals surface area contributed by atoms with Gasteiger partial charge in [0, 0.05) is 33.2 Å². The van der Waals surface area contributed by atoms with Crippen LogP contribution in [0.2, 0.25) is 0 Å². The van der Waals surface area contributed by atoms with Gasteiger partial charge in [0.1, 0.15) is 0 Å². The van der Waals surface area contributed by atoms with Gasteiger partial charge in [-0.15, -0.1) is 0 Å². The molecule has 1 saturated carbocycles. The van der Waals surface area contributed by atoms with Crippen LogP contribution in [0.25, 0.3) is 0 Å². The number of aryl methyl sites for hydroxylation is 2. The van der Waals surface area contributed by atoms with Gasteiger partial charge in [-0.2, -0.15) is 0 Å². The van der Waals surface area contributed by atoms with Gasteiger partial charge >= 0.3 is 0 Å². The van der Waals surface area contributed by atoms with E-state index < -0.39 is 10.0 Å². The van der Waals surface area contributed by atoms with Crippen molar-refractivity contribution >= 4 is 16.0 Å². The first-order chi connectivity index (χ1) is 12.4. The van der Waals surface area contributed by atoms with Crippen LogP contribution in [-0.4, -0.2) is 52.5 Å². The van der Waals surface area contributed by atoms with Crippen LogP contribution in [0, 0.1) is 19.3 Å². The fourth-order valence-corrected chi connectivity index (χ4v) is 5.33. The largest absolute Gasteiger partial charge is 0.355 e. The highest BCUT2D eigenvalue weighted by Gasteiger charge is 2.43. The first kappa shape index (κ1) is 19.2. The van der Waals surface area contributed by atoms with E-state index in [1.54, 1.807) is 13.1 Å². The van der Waals surface area contributed by atoms with Gasteiger partial charge in [0.05, 0.1) is 4.90 Å². The van der Waals surface area contributed by atoms with Crippen LogP contribution in [0.3, 0.4) is 0 Å². The van der Waals surface area contributed by atoms with Gasteiger partial charge in [0.25, 0.3) is 0 Å². The van der Waals surface area contributed by atoms with E-state index in [4.69, 9.17) is 0 Å². The Morgan fingerprint density at radius 2 is 2.00 bits per heavy atom. The predicted molar refractivity (Wildman–Crippen MR) is 105 cm³/mol. The molecule has 0 amide bonds. The molecule has 0 atom stereocenters. The van der Waals surface area contributed by atoms with Crippen molar-refractivity contribution in [2.45, 2.75) is 44.4 Å². The van der Waals surface area contributed by atoms with Crippen molar-refractivity contribution in [1.82, 2.24) is 14.9 Å². The topological polar surface area (TPSA) is 73.8 Å². The second kappa shape index (κ2) is 7.56. The molecule has 1 saturated heterocycles. The van der Waals surface area contributed by atoms with Crippen molar-refractivity contribution in [3.8, 4) is 0 Å². The Hall–Kier alpha value is -1.60. The summed E-state index contributed by atoms with van der Waals surface area (Å²) < 4.78 is 27.7. The quantitative estimate of drug-likeness (QED) is 0.467. The third kappa shape index (κ3) is 4.04. The van der Waals surface area contributed by atoms with Crippen LogP contribution in [0.5, 0.6) is 0 Å². The van der Waals surface area contributed by atoms with Gasteiger partial charge < -0.3 is 10.2 Å². The number of aliphatic imine (C=N–C) groups is 1. The Morgan fingerprint density at radius 1 is 1.23 bits per heavy atom. The first-order valence-corrected chi connectivity index (χ1v) is 10.9. The molecule has 26 heavy (non-hydrogen) atoms. The number of hydrogen-bond acceptors (Lipinski definition) is 3. The standard InChI is InChI=1S/C19H30N4O2S/c1-15-5-6-16(2)17(13-15)26(24,25)22-11-10-21-18(20-3)23-12-9-19(14-23)7-4-8-19/h5-6,13,22H,4,7-12,14H2,1-3H3,(H,20,21). The van der Waals surface area contributed by atoms with E-state index in [0.717, 1.165) is 30.2 Å². The van der Waals surface area contributed by atoms with E-state index in [-0.39, 0.29) is 0 Å². The monoisotopic (exact) mass is 378 g/mol. The molecule has 2 N–H and O–H groups in total. The molecular weight excluding hydrogens is 348 g/mol. The molecule has 0 unspecified atom stereocenters. The third-order valence-electron chi connectivity index (χ3n) is 5.70. The van der Waals surface area contributed by atoms with Crippen molar-refractivity contribution < 1.29 is 8.42 Å². The van der Waals surface area contributed by atoms with Gasteiger partial charge in [-0.3, -0.25) is 4.99 Å². The number of likely N-dealkylation sites (tertiary alicyclic amines) is 1. The van der Waals surface area contributed by atoms with E-state index in [1.807, 2.05) is 26.0 Å². The molecule has 1 heterocycles. The van der Waals surface area contributed by atoms with E-state index in [9.17, 15) is 8.42 Å². The normalized spacial score (nSPS) is 19.7. The van der Waals surface area contributed by atoms with Crippen molar-refractivity contribution in [3.05, 3.63) is 29.3 Å². The maximum absolute atomic E-state index is 12.5. The predicted octanol–water partition coefficient (Wildman–Crippen LogP) is 2.03. The highest BCUT2D eigenvalue weighted by Crippen LogP contribution is 2.47. The molecule has 2 fully saturated rings. The molecule has 1 aromatic carbocycles. The van der Waals surface area contributed by atoms with E-state index in [2.05, 4.69) is 19.9 Å². The van der Waals surface area contributed by atoms with Crippen LogP contribution in [0.1, 0.15) is 36.8 Å². The van der Waals surface area contributed by atoms with Gasteiger partial charge in [-0.25, -0.2) is 13.1 Å². The van der Waals surface area contributed by atoms with E-state index in [0.29, 0.717) is 23.4 Å². The molecule has 6 nitrogen and oxygen atoms in total. The summed E-state index contributed by atoms with van der Waals surface area (Å²) in [5.74, 6) is 0.875. The average Bonchev–Trinajstić information content (AvgIpc) is 3.03. The number of nitrogens with zero attached hydrogens (tertiary/aromatic N) is 2. The van der Waals surface area contributed by atoms with E-state index >= 15 is 0 Å². The zero-order valence-electron chi connectivity index (χ0n) is 16.0. The van der Waals surface area contributed by atoms with Crippen molar-refractivity contribution in [1.29, 1.82) is 0 Å². The highest BCUT2D eigenvalue weighted by atomic mass is 32.2. The maximum atomic E-state index is 12.5. The summed E-state index contributed by atoms with van der Waals surface area (Å²) in [6.07, 6.45) is 5.25. The van der Waals surface area contributed by atoms with E-state index in [1.165, 1.54) is 25.7 Å². The second-order valence-corrected chi connectivity index (χ2v) is 9.40. The number of nitrogens with one attached hydrogen (secondary N) is 2. The molecule has 0 aromatic heterocycles. The highest BCUT2D eigenvalue weighted by molar-refractivity contribution is 7.89. The van der Waals surface area contributed by atoms with Crippen LogP contribution >= 0.6 is 0 Å². The molecular formula is C19H30N4O2S. The molecule has 3 rings (SSSR count). The van der Waals surface area contributed by atoms with Gasteiger partial charge in [-0.05, 0) is 55.7 Å². The lowest BCUT2D eigenvalue weighted by Crippen LogP contribution is -2.44. The van der Waals surface area contributed by atoms with Crippen molar-refractivity contribution in [2.24, 2.45) is 10.4 Å². The van der Waals surface area contributed by atoms with Crippen LogP contribution in [0.4, 0.5) is 0 Å². The molecule has 1 aromatic rings. The Bertz CT molecular complexity index is 785. The number of sulfonamides is 1. The van der Waals surface area contributed by atoms with Crippen LogP contribution in [-0.2, 0) is 10.0 Å². The molecule has 1 spiro atoms. The number of rotatable bonds is 5. The second-order valence-electron chi connectivity index (χ2n) is 7.67. The Kier molecular flexibility index (Phi) is 5.58. The number of benzene rings is 1. The zero-order chi connectivity index (χ0) is 18.8. The van der Waals surface area contributed by atoms with Crippen molar-refractivity contribution in [2.75, 3.05) is 33.2 Å². The van der Waals surface area contributed by atoms with Crippen molar-refractivity contribution in [3.63, 3.8) is 0 Å². The lowest BCUT2D eigenvalue weighted by molar-refractivity contribution is 0.151. The van der Waals surface area contributed by atoms with Crippen LogP contribution in [0.15, 0.2) is 28.1 Å². The van der Waals surface area contributed by atoms with Gasteiger partial charge in [0.15, 0.2) is 5.96 Å². The smallest absolute Gasteiger partial charge is 0.240 e. The number of hydrogen-bond donors (Lipinski definition) is 2. The Labute approximate surface area is 157 Å². The Morgan fingerprint density at radius 3 is 2.62 bits per heavy atom. The summed E-state index contributed by atoms with van der Waals surface area (Å²) in [6, 6.07) is 5.48. The zero-order valence-corrected chi connectivity index (χ0v) is 16.8. The molecule has 144 valence electrons. The molecule has 7 heteroatoms. The summed E-state index contributed by atoms with van der Waals surface area (Å²) in [5.41, 5.74) is 2.21. The fraction of sp³-hybridized carbons (Fsp3) is 0.632. The maximum Gasteiger partial charge on any atom is 0.240 e. The third-order valence-corrected chi connectivity index (χ3v) is 7.30. The summed E-state index contributed by atoms with van der Waals surface area (Å²) in [4.78, 5) is 7.02. The molecule has 0 bridgehead atoms. The summed E-state index contributed by atoms with van der Waals surface area (Å²) in [5, 5.41) is 3.30. The summed E-state index contributed by atoms with van der Waals surface area (Å²) in [6.45, 7) is 6.66. The lowest BCUT2D eigenvalue weighted by atomic mass is 9.68. The Balaban J connectivity index is 1.50. The summed E-state index contributed by atoms with van der Waals surface area (Å²) in [7, 11) is -1.71. The lowest BCUT2D eigenvalue weighted by Gasteiger charge is -2.38. The van der Waals surface area contributed by atoms with Crippen LogP contribution < -0.4 is 10.0 Å². The first-order valence-electron chi connectivity index (χ1n) is 9.38. The molecule has 1 aliphatic heterocycles. The summed E-state index contributed by atoms with van der Waals surface area (Å²) >= 11 is 0. The van der Waals surface area contributed by atoms with Gasteiger partial charge in [-0.1, -0.05) is 18.6 Å². The minimum Gasteiger partial charge on any atom is -0.355 e. The average molecular weight is 379 g/mol. The molecule has 2 aliphatic rings. The minimum absolute atomic E-state index is 0.327. The minimum atomic E-state index is -3.49. The fourth-order valence-electron chi connectivity index (χ4n) is 3.97. The SMILES string of the molecule is CN=C(NCCNS(=O)(=O)c1cc(C)ccc1C)N1CCC2(CCC2)C1. The number of guanidine groups is 1.